The Morgan fingerprint density at radius 3 is 2.48 bits per heavy atom. The normalized spacial score (nSPS) is 28.1. The molecule has 0 radical (unpaired) electrons. The van der Waals surface area contributed by atoms with E-state index in [-0.39, 0.29) is 5.82 Å². The van der Waals surface area contributed by atoms with Crippen molar-refractivity contribution < 1.29 is 34.3 Å². The Hall–Kier alpha value is -2.03. The highest BCUT2D eigenvalue weighted by molar-refractivity contribution is 5.38. The van der Waals surface area contributed by atoms with E-state index in [9.17, 15) is 24.8 Å². The van der Waals surface area contributed by atoms with Crippen molar-refractivity contribution >= 4 is 0 Å². The Morgan fingerprint density at radius 2 is 1.78 bits per heavy atom. The van der Waals surface area contributed by atoms with Gasteiger partial charge in [0.25, 0.3) is 0 Å². The van der Waals surface area contributed by atoms with Crippen LogP contribution in [0.25, 0.3) is 0 Å². The van der Waals surface area contributed by atoms with E-state index in [1.54, 1.807) is 37.3 Å². The summed E-state index contributed by atoms with van der Waals surface area (Å²) in [5, 5.41) is 39.2. The number of aliphatic hydroxyl groups excluding tert-OH is 4. The summed E-state index contributed by atoms with van der Waals surface area (Å²) in [6.07, 6.45) is -6.38. The van der Waals surface area contributed by atoms with Gasteiger partial charge in [0, 0.05) is 6.42 Å². The maximum atomic E-state index is 13.8. The molecule has 3 rings (SSSR count). The number of para-hydroxylation sites is 1. The first-order valence-corrected chi connectivity index (χ1v) is 8.71. The van der Waals surface area contributed by atoms with Crippen molar-refractivity contribution in [2.75, 3.05) is 6.61 Å². The Morgan fingerprint density at radius 1 is 1.04 bits per heavy atom. The predicted molar refractivity (Wildman–Crippen MR) is 94.8 cm³/mol. The zero-order valence-corrected chi connectivity index (χ0v) is 14.8. The van der Waals surface area contributed by atoms with Crippen LogP contribution in [-0.4, -0.2) is 57.7 Å². The van der Waals surface area contributed by atoms with Gasteiger partial charge in [0.15, 0.2) is 0 Å². The lowest BCUT2D eigenvalue weighted by Gasteiger charge is -2.39. The summed E-state index contributed by atoms with van der Waals surface area (Å²) < 4.78 is 24.9. The summed E-state index contributed by atoms with van der Waals surface area (Å²) in [6.45, 7) is 1.16. The minimum Gasteiger partial charge on any atom is -0.462 e. The first kappa shape index (κ1) is 19.7. The molecule has 1 fully saturated rings. The van der Waals surface area contributed by atoms with E-state index < -0.39 is 37.3 Å². The highest BCUT2D eigenvalue weighted by Crippen LogP contribution is 2.28. The molecule has 2 aromatic rings. The largest absolute Gasteiger partial charge is 0.462 e. The summed E-state index contributed by atoms with van der Waals surface area (Å²) in [4.78, 5) is 0. The Labute approximate surface area is 156 Å². The lowest BCUT2D eigenvalue weighted by Crippen LogP contribution is -2.60. The average Bonchev–Trinajstić information content (AvgIpc) is 2.66. The van der Waals surface area contributed by atoms with Gasteiger partial charge >= 0.3 is 0 Å². The van der Waals surface area contributed by atoms with Crippen LogP contribution in [0.15, 0.2) is 42.5 Å². The van der Waals surface area contributed by atoms with Gasteiger partial charge in [-0.3, -0.25) is 0 Å². The van der Waals surface area contributed by atoms with Crippen molar-refractivity contribution in [1.82, 2.24) is 0 Å². The molecule has 1 heterocycles. The fourth-order valence-electron chi connectivity index (χ4n) is 3.02. The number of ether oxygens (including phenoxy) is 2. The maximum Gasteiger partial charge on any atom is 0.229 e. The smallest absolute Gasteiger partial charge is 0.229 e. The molecule has 5 atom stereocenters. The number of benzene rings is 2. The zero-order chi connectivity index (χ0) is 19.6. The molecule has 2 aromatic carbocycles. The molecule has 146 valence electrons. The topological polar surface area (TPSA) is 99.4 Å². The van der Waals surface area contributed by atoms with Gasteiger partial charge in [-0.2, -0.15) is 0 Å². The summed E-state index contributed by atoms with van der Waals surface area (Å²) in [5.74, 6) is 0.0997. The molecule has 0 unspecified atom stereocenters. The van der Waals surface area contributed by atoms with Crippen molar-refractivity contribution in [2.24, 2.45) is 0 Å². The lowest BCUT2D eigenvalue weighted by molar-refractivity contribution is -0.277. The number of aliphatic hydroxyl groups is 4. The maximum absolute atomic E-state index is 13.8. The number of halogens is 1. The molecule has 4 N–H and O–H groups in total. The molecule has 0 saturated carbocycles. The fraction of sp³-hybridized carbons (Fsp3) is 0.400. The summed E-state index contributed by atoms with van der Waals surface area (Å²) in [6, 6.07) is 12.0. The van der Waals surface area contributed by atoms with Gasteiger partial charge in [0.05, 0.1) is 6.61 Å². The minimum absolute atomic E-state index is 0.292. The molecular weight excluding hydrogens is 355 g/mol. The second-order valence-corrected chi connectivity index (χ2v) is 6.68. The molecule has 0 bridgehead atoms. The standard InChI is InChI=1S/C20H23FO6/c1-11-6-7-12(9-14(11)21)8-13-4-2-3-5-15(13)26-20-19(25)18(24)17(23)16(10-22)27-20/h2-7,9,16-20,22-25H,8,10H2,1H3/t16-,17-,18+,19-,20-/m1/s1. The summed E-state index contributed by atoms with van der Waals surface area (Å²) in [5.41, 5.74) is 2.05. The van der Waals surface area contributed by atoms with Crippen LogP contribution in [-0.2, 0) is 11.2 Å². The van der Waals surface area contributed by atoms with Crippen molar-refractivity contribution in [2.45, 2.75) is 44.1 Å². The molecule has 0 aliphatic carbocycles. The van der Waals surface area contributed by atoms with E-state index in [2.05, 4.69) is 0 Å². The van der Waals surface area contributed by atoms with E-state index in [1.165, 1.54) is 6.07 Å². The molecule has 6 nitrogen and oxygen atoms in total. The molecule has 0 spiro atoms. The average molecular weight is 378 g/mol. The van der Waals surface area contributed by atoms with Gasteiger partial charge in [-0.15, -0.1) is 0 Å². The van der Waals surface area contributed by atoms with E-state index >= 15 is 0 Å². The highest BCUT2D eigenvalue weighted by atomic mass is 19.1. The number of hydrogen-bond donors (Lipinski definition) is 4. The molecule has 7 heteroatoms. The quantitative estimate of drug-likeness (QED) is 0.617. The van der Waals surface area contributed by atoms with Gasteiger partial charge < -0.3 is 29.9 Å². The molecule has 0 aromatic heterocycles. The molecular formula is C20H23FO6. The third-order valence-corrected chi connectivity index (χ3v) is 4.69. The summed E-state index contributed by atoms with van der Waals surface area (Å²) in [7, 11) is 0. The van der Waals surface area contributed by atoms with Crippen molar-refractivity contribution in [3.8, 4) is 5.75 Å². The van der Waals surface area contributed by atoms with E-state index in [4.69, 9.17) is 9.47 Å². The second-order valence-electron chi connectivity index (χ2n) is 6.68. The van der Waals surface area contributed by atoms with Crippen molar-refractivity contribution in [1.29, 1.82) is 0 Å². The zero-order valence-electron chi connectivity index (χ0n) is 14.8. The third kappa shape index (κ3) is 4.28. The number of rotatable bonds is 5. The van der Waals surface area contributed by atoms with Gasteiger partial charge in [-0.25, -0.2) is 4.39 Å². The SMILES string of the molecule is Cc1ccc(Cc2ccccc2O[C@@H]2O[C@H](CO)[C@@H](O)[C@H](O)[C@H]2O)cc1F. The molecule has 1 saturated heterocycles. The Balaban J connectivity index is 1.80. The van der Waals surface area contributed by atoms with Crippen LogP contribution in [0.4, 0.5) is 4.39 Å². The predicted octanol–water partition coefficient (Wildman–Crippen LogP) is 0.904. The van der Waals surface area contributed by atoms with Gasteiger partial charge in [0.2, 0.25) is 6.29 Å². The van der Waals surface area contributed by atoms with Crippen LogP contribution >= 0.6 is 0 Å². The molecule has 0 amide bonds. The van der Waals surface area contributed by atoms with Gasteiger partial charge in [-0.1, -0.05) is 30.3 Å². The van der Waals surface area contributed by atoms with Crippen molar-refractivity contribution in [3.05, 3.63) is 65.0 Å². The number of hydrogen-bond acceptors (Lipinski definition) is 6. The van der Waals surface area contributed by atoms with Crippen molar-refractivity contribution in [3.63, 3.8) is 0 Å². The monoisotopic (exact) mass is 378 g/mol. The van der Waals surface area contributed by atoms with Crippen LogP contribution in [0.2, 0.25) is 0 Å². The van der Waals surface area contributed by atoms with Crippen LogP contribution < -0.4 is 4.74 Å². The van der Waals surface area contributed by atoms with E-state index in [1.807, 2.05) is 6.07 Å². The fourth-order valence-corrected chi connectivity index (χ4v) is 3.02. The first-order chi connectivity index (χ1) is 12.9. The third-order valence-electron chi connectivity index (χ3n) is 4.69. The van der Waals surface area contributed by atoms with Gasteiger partial charge in [-0.05, 0) is 35.7 Å². The van der Waals surface area contributed by atoms with Crippen LogP contribution in [0.3, 0.4) is 0 Å². The molecule has 27 heavy (non-hydrogen) atoms. The van der Waals surface area contributed by atoms with Crippen LogP contribution in [0.1, 0.15) is 16.7 Å². The van der Waals surface area contributed by atoms with Crippen LogP contribution in [0, 0.1) is 12.7 Å². The highest BCUT2D eigenvalue weighted by Gasteiger charge is 2.44. The van der Waals surface area contributed by atoms with E-state index in [0.717, 1.165) is 11.1 Å². The molecule has 1 aliphatic heterocycles. The number of aryl methyl sites for hydroxylation is 1. The Kier molecular flexibility index (Phi) is 6.08. The first-order valence-electron chi connectivity index (χ1n) is 8.71. The van der Waals surface area contributed by atoms with E-state index in [0.29, 0.717) is 17.7 Å². The minimum atomic E-state index is -1.51. The molecule has 1 aliphatic rings. The summed E-state index contributed by atoms with van der Waals surface area (Å²) >= 11 is 0. The van der Waals surface area contributed by atoms with Crippen LogP contribution in [0.5, 0.6) is 5.75 Å². The van der Waals surface area contributed by atoms with Gasteiger partial charge in [0.1, 0.15) is 36.0 Å². The lowest BCUT2D eigenvalue weighted by atomic mass is 9.99. The second kappa shape index (κ2) is 8.33. The Bertz CT molecular complexity index is 781.